The molecule has 0 spiro atoms. The van der Waals surface area contributed by atoms with E-state index in [0.717, 1.165) is 32.2 Å². The highest BCUT2D eigenvalue weighted by Gasteiger charge is 2.29. The van der Waals surface area contributed by atoms with E-state index >= 15 is 0 Å². The van der Waals surface area contributed by atoms with Gasteiger partial charge in [0.05, 0.1) is 19.8 Å². The monoisotopic (exact) mass is 343 g/mol. The van der Waals surface area contributed by atoms with Gasteiger partial charge in [0, 0.05) is 17.5 Å². The van der Waals surface area contributed by atoms with E-state index in [-0.39, 0.29) is 23.3 Å². The van der Waals surface area contributed by atoms with Crippen molar-refractivity contribution < 1.29 is 14.3 Å². The fourth-order valence-corrected chi connectivity index (χ4v) is 2.99. The topological polar surface area (TPSA) is 47.6 Å². The molecule has 144 valence electrons. The first-order valence-corrected chi connectivity index (χ1v) is 9.81. The Morgan fingerprint density at radius 1 is 0.875 bits per heavy atom. The zero-order valence-corrected chi connectivity index (χ0v) is 17.0. The average molecular weight is 344 g/mol. The van der Waals surface area contributed by atoms with E-state index in [1.165, 1.54) is 12.8 Å². The number of Topliss-reactive ketones (excluding diaryl/α,β-unsaturated/α-hetero) is 1. The quantitative estimate of drug-likeness (QED) is 0.423. The summed E-state index contributed by atoms with van der Waals surface area (Å²) in [5.74, 6) is 0.215. The smallest absolute Gasteiger partial charge is 0.164 e. The molecule has 0 saturated carbocycles. The minimum atomic E-state index is -0.233. The first kappa shape index (κ1) is 23.5. The summed E-state index contributed by atoms with van der Waals surface area (Å²) in [4.78, 5) is 12.3. The molecule has 0 aromatic heterocycles. The normalized spacial score (nSPS) is 16.6. The molecule has 0 saturated heterocycles. The molecular weight excluding hydrogens is 302 g/mol. The van der Waals surface area contributed by atoms with Crippen molar-refractivity contribution in [3.05, 3.63) is 0 Å². The Hall–Kier alpha value is -0.450. The maximum Gasteiger partial charge on any atom is 0.164 e. The van der Waals surface area contributed by atoms with Crippen molar-refractivity contribution in [3.8, 4) is 0 Å². The van der Waals surface area contributed by atoms with Crippen molar-refractivity contribution in [3.63, 3.8) is 0 Å². The molecule has 4 heteroatoms. The summed E-state index contributed by atoms with van der Waals surface area (Å²) >= 11 is 0. The number of hydrogen-bond acceptors (Lipinski definition) is 4. The Morgan fingerprint density at radius 2 is 1.50 bits per heavy atom. The van der Waals surface area contributed by atoms with Gasteiger partial charge in [0.15, 0.2) is 5.78 Å². The second kappa shape index (κ2) is 12.8. The maximum atomic E-state index is 12.3. The molecule has 0 rings (SSSR count). The summed E-state index contributed by atoms with van der Waals surface area (Å²) < 4.78 is 11.1. The lowest BCUT2D eigenvalue weighted by Crippen LogP contribution is -2.43. The number of rotatable bonds is 16. The predicted molar refractivity (Wildman–Crippen MR) is 102 cm³/mol. The van der Waals surface area contributed by atoms with Crippen LogP contribution in [0.4, 0.5) is 0 Å². The van der Waals surface area contributed by atoms with Crippen LogP contribution in [-0.4, -0.2) is 44.3 Å². The van der Waals surface area contributed by atoms with Crippen LogP contribution in [0.5, 0.6) is 0 Å². The fraction of sp³-hybridized carbons (Fsp3) is 0.950. The third kappa shape index (κ3) is 9.14. The van der Waals surface area contributed by atoms with Gasteiger partial charge in [0.2, 0.25) is 0 Å². The lowest BCUT2D eigenvalue weighted by molar-refractivity contribution is -0.133. The second-order valence-electron chi connectivity index (χ2n) is 7.34. The summed E-state index contributed by atoms with van der Waals surface area (Å²) in [6, 6.07) is 0. The van der Waals surface area contributed by atoms with Crippen molar-refractivity contribution in [2.45, 2.75) is 85.6 Å². The van der Waals surface area contributed by atoms with Gasteiger partial charge in [-0.25, -0.2) is 0 Å². The third-order valence-electron chi connectivity index (χ3n) is 5.24. The van der Waals surface area contributed by atoms with Crippen LogP contribution in [0.15, 0.2) is 0 Å². The maximum absolute atomic E-state index is 12.3. The zero-order chi connectivity index (χ0) is 18.5. The largest absolute Gasteiger partial charge is 0.378 e. The van der Waals surface area contributed by atoms with Crippen molar-refractivity contribution >= 4 is 5.78 Å². The van der Waals surface area contributed by atoms with Gasteiger partial charge in [-0.15, -0.1) is 0 Å². The summed E-state index contributed by atoms with van der Waals surface area (Å²) in [7, 11) is 0. The molecule has 0 aromatic carbocycles. The van der Waals surface area contributed by atoms with Crippen LogP contribution in [0.25, 0.3) is 0 Å². The molecule has 2 atom stereocenters. The van der Waals surface area contributed by atoms with E-state index < -0.39 is 0 Å². The van der Waals surface area contributed by atoms with Crippen LogP contribution in [0.1, 0.15) is 80.1 Å². The average Bonchev–Trinajstić information content (AvgIpc) is 2.57. The van der Waals surface area contributed by atoms with Gasteiger partial charge in [0.1, 0.15) is 6.61 Å². The van der Waals surface area contributed by atoms with Gasteiger partial charge in [-0.3, -0.25) is 4.79 Å². The van der Waals surface area contributed by atoms with Crippen molar-refractivity contribution in [2.24, 2.45) is 5.41 Å². The number of carbonyl (C=O) groups excluding carboxylic acids is 1. The lowest BCUT2D eigenvalue weighted by Gasteiger charge is -2.29. The van der Waals surface area contributed by atoms with Gasteiger partial charge >= 0.3 is 0 Å². The molecule has 0 aliphatic heterocycles. The Balaban J connectivity index is 3.76. The molecule has 0 heterocycles. The number of ether oxygens (including phenoxy) is 2. The van der Waals surface area contributed by atoms with Crippen LogP contribution in [-0.2, 0) is 14.3 Å². The Morgan fingerprint density at radius 3 is 2.04 bits per heavy atom. The Bertz CT molecular complexity index is 335. The van der Waals surface area contributed by atoms with Crippen LogP contribution < -0.4 is 5.32 Å². The van der Waals surface area contributed by atoms with Gasteiger partial charge in [-0.1, -0.05) is 47.5 Å². The van der Waals surface area contributed by atoms with E-state index in [4.69, 9.17) is 9.47 Å². The predicted octanol–water partition coefficient (Wildman–Crippen LogP) is 4.36. The van der Waals surface area contributed by atoms with Crippen LogP contribution in [0, 0.1) is 5.41 Å². The van der Waals surface area contributed by atoms with Crippen LogP contribution in [0.3, 0.4) is 0 Å². The lowest BCUT2D eigenvalue weighted by atomic mass is 9.79. The molecule has 0 aromatic rings. The van der Waals surface area contributed by atoms with Gasteiger partial charge in [-0.2, -0.15) is 0 Å². The molecule has 0 fully saturated rings. The molecule has 0 radical (unpaired) electrons. The van der Waals surface area contributed by atoms with Crippen molar-refractivity contribution in [1.29, 1.82) is 0 Å². The summed E-state index contributed by atoms with van der Waals surface area (Å²) in [6.07, 6.45) is 6.33. The van der Waals surface area contributed by atoms with Gasteiger partial charge in [0.25, 0.3) is 0 Å². The van der Waals surface area contributed by atoms with Gasteiger partial charge < -0.3 is 14.8 Å². The molecule has 1 N–H and O–H groups in total. The number of carbonyl (C=O) groups is 1. The highest BCUT2D eigenvalue weighted by molar-refractivity contribution is 5.85. The molecule has 24 heavy (non-hydrogen) atoms. The highest BCUT2D eigenvalue weighted by Crippen LogP contribution is 2.28. The zero-order valence-electron chi connectivity index (χ0n) is 17.0. The van der Waals surface area contributed by atoms with Gasteiger partial charge in [-0.05, 0) is 32.6 Å². The number of nitrogens with one attached hydrogen (secondary N) is 1. The third-order valence-corrected chi connectivity index (χ3v) is 5.24. The number of ketones is 1. The Kier molecular flexibility index (Phi) is 12.6. The van der Waals surface area contributed by atoms with E-state index in [1.54, 1.807) is 0 Å². The molecule has 0 bridgehead atoms. The first-order chi connectivity index (χ1) is 11.4. The summed E-state index contributed by atoms with van der Waals surface area (Å²) in [5, 5.41) is 3.58. The van der Waals surface area contributed by atoms with E-state index in [9.17, 15) is 4.79 Å². The number of hydrogen-bond donors (Lipinski definition) is 1. The molecule has 2 unspecified atom stereocenters. The minimum Gasteiger partial charge on any atom is -0.378 e. The molecular formula is C20H41NO3. The SMILES string of the molecule is CCCC(C)(CC)NCCOCCOCC(=O)C(C)(CC)CCC. The van der Waals surface area contributed by atoms with E-state index in [2.05, 4.69) is 39.9 Å². The standard InChI is InChI=1S/C20H41NO3/c1-7-11-19(5,9-3)18(22)17-24-16-15-23-14-13-21-20(6,10-4)12-8-2/h21H,7-17H2,1-6H3. The summed E-state index contributed by atoms with van der Waals surface area (Å²) in [6.45, 7) is 15.7. The van der Waals surface area contributed by atoms with E-state index in [1.807, 2.05) is 6.92 Å². The molecule has 4 nitrogen and oxygen atoms in total. The molecule has 0 amide bonds. The second-order valence-corrected chi connectivity index (χ2v) is 7.34. The Labute approximate surface area is 150 Å². The van der Waals surface area contributed by atoms with Crippen molar-refractivity contribution in [2.75, 3.05) is 33.0 Å². The molecule has 0 aliphatic rings. The minimum absolute atomic E-state index is 0.205. The fourth-order valence-electron chi connectivity index (χ4n) is 2.99. The first-order valence-electron chi connectivity index (χ1n) is 9.81. The highest BCUT2D eigenvalue weighted by atomic mass is 16.5. The molecule has 0 aliphatic carbocycles. The van der Waals surface area contributed by atoms with Crippen LogP contribution in [0.2, 0.25) is 0 Å². The van der Waals surface area contributed by atoms with Crippen LogP contribution >= 0.6 is 0 Å². The summed E-state index contributed by atoms with van der Waals surface area (Å²) in [5.41, 5.74) is -0.0195. The van der Waals surface area contributed by atoms with Crippen molar-refractivity contribution in [1.82, 2.24) is 5.32 Å². The van der Waals surface area contributed by atoms with E-state index in [0.29, 0.717) is 19.8 Å².